The van der Waals surface area contributed by atoms with Crippen molar-refractivity contribution in [1.29, 1.82) is 0 Å². The smallest absolute Gasteiger partial charge is 0.234 e. The summed E-state index contributed by atoms with van der Waals surface area (Å²) in [5.41, 5.74) is 5.79. The molecule has 1 aliphatic heterocycles. The lowest BCUT2D eigenvalue weighted by Crippen LogP contribution is -2.44. The molecule has 0 aliphatic carbocycles. The van der Waals surface area contributed by atoms with Gasteiger partial charge in [0.15, 0.2) is 0 Å². The first-order chi connectivity index (χ1) is 8.87. The molecule has 7 nitrogen and oxygen atoms in total. The number of rotatable bonds is 7. The summed E-state index contributed by atoms with van der Waals surface area (Å²) in [6.45, 7) is 2.95. The van der Waals surface area contributed by atoms with Crippen LogP contribution in [0.4, 0.5) is 0 Å². The van der Waals surface area contributed by atoms with Gasteiger partial charge in [0.2, 0.25) is 15.9 Å². The predicted molar refractivity (Wildman–Crippen MR) is 74.1 cm³/mol. The zero-order chi connectivity index (χ0) is 14.3. The van der Waals surface area contributed by atoms with Gasteiger partial charge in [-0.2, -0.15) is 0 Å². The SMILES string of the molecule is CS(=O)(=O)NCCCNC(=O)CN1CCC(N)CC1. The highest BCUT2D eigenvalue weighted by Crippen LogP contribution is 2.06. The molecular formula is C11H24N4O3S. The molecule has 4 N–H and O–H groups in total. The molecule has 1 fully saturated rings. The molecule has 0 radical (unpaired) electrons. The van der Waals surface area contributed by atoms with Gasteiger partial charge < -0.3 is 11.1 Å². The van der Waals surface area contributed by atoms with E-state index >= 15 is 0 Å². The summed E-state index contributed by atoms with van der Waals surface area (Å²) < 4.78 is 24.0. The average molecular weight is 292 g/mol. The van der Waals surface area contributed by atoms with Crippen molar-refractivity contribution in [3.05, 3.63) is 0 Å². The molecule has 0 aromatic rings. The van der Waals surface area contributed by atoms with Gasteiger partial charge in [-0.15, -0.1) is 0 Å². The van der Waals surface area contributed by atoms with E-state index in [0.29, 0.717) is 26.1 Å². The Labute approximate surface area is 115 Å². The van der Waals surface area contributed by atoms with E-state index in [1.54, 1.807) is 0 Å². The van der Waals surface area contributed by atoms with Crippen LogP contribution in [0.3, 0.4) is 0 Å². The van der Waals surface area contributed by atoms with Crippen molar-refractivity contribution >= 4 is 15.9 Å². The fourth-order valence-corrected chi connectivity index (χ4v) is 2.46. The summed E-state index contributed by atoms with van der Waals surface area (Å²) in [5, 5.41) is 2.78. The van der Waals surface area contributed by atoms with Gasteiger partial charge in [-0.1, -0.05) is 0 Å². The second-order valence-electron chi connectivity index (χ2n) is 4.98. The van der Waals surface area contributed by atoms with Gasteiger partial charge in [0.25, 0.3) is 0 Å². The Balaban J connectivity index is 2.05. The van der Waals surface area contributed by atoms with Gasteiger partial charge in [-0.25, -0.2) is 13.1 Å². The van der Waals surface area contributed by atoms with Crippen LogP contribution in [0.25, 0.3) is 0 Å². The minimum absolute atomic E-state index is 0.0187. The van der Waals surface area contributed by atoms with Crippen molar-refractivity contribution in [1.82, 2.24) is 14.9 Å². The van der Waals surface area contributed by atoms with Crippen molar-refractivity contribution < 1.29 is 13.2 Å². The molecule has 1 heterocycles. The molecule has 0 aromatic heterocycles. The third kappa shape index (κ3) is 8.14. The van der Waals surface area contributed by atoms with Crippen LogP contribution < -0.4 is 15.8 Å². The van der Waals surface area contributed by atoms with Crippen LogP contribution in [-0.2, 0) is 14.8 Å². The standard InChI is InChI=1S/C11H24N4O3S/c1-19(17,18)14-6-2-5-13-11(16)9-15-7-3-10(12)4-8-15/h10,14H,2-9,12H2,1H3,(H,13,16). The van der Waals surface area contributed by atoms with Crippen LogP contribution >= 0.6 is 0 Å². The molecule has 1 saturated heterocycles. The average Bonchev–Trinajstić information content (AvgIpc) is 2.30. The van der Waals surface area contributed by atoms with Crippen LogP contribution in [0, 0.1) is 0 Å². The molecule has 0 saturated carbocycles. The first-order valence-corrected chi connectivity index (χ1v) is 8.45. The van der Waals surface area contributed by atoms with E-state index in [-0.39, 0.29) is 11.9 Å². The summed E-state index contributed by atoms with van der Waals surface area (Å²) in [6, 6.07) is 0.265. The lowest BCUT2D eigenvalue weighted by atomic mass is 10.1. The van der Waals surface area contributed by atoms with E-state index in [1.165, 1.54) is 0 Å². The number of carbonyl (C=O) groups is 1. The molecular weight excluding hydrogens is 268 g/mol. The minimum Gasteiger partial charge on any atom is -0.355 e. The molecule has 112 valence electrons. The maximum atomic E-state index is 11.6. The molecule has 1 amide bonds. The van der Waals surface area contributed by atoms with E-state index in [0.717, 1.165) is 32.2 Å². The zero-order valence-corrected chi connectivity index (χ0v) is 12.2. The maximum absolute atomic E-state index is 11.6. The summed E-state index contributed by atoms with van der Waals surface area (Å²) in [7, 11) is -3.14. The van der Waals surface area contributed by atoms with Gasteiger partial charge in [0.05, 0.1) is 12.8 Å². The van der Waals surface area contributed by atoms with Crippen LogP contribution in [0.2, 0.25) is 0 Å². The van der Waals surface area contributed by atoms with Gasteiger partial charge in [-0.05, 0) is 19.3 Å². The van der Waals surface area contributed by atoms with Crippen LogP contribution in [0.5, 0.6) is 0 Å². The number of sulfonamides is 1. The Bertz CT molecular complexity index is 377. The zero-order valence-electron chi connectivity index (χ0n) is 11.4. The van der Waals surface area contributed by atoms with Crippen molar-refractivity contribution in [3.63, 3.8) is 0 Å². The highest BCUT2D eigenvalue weighted by atomic mass is 32.2. The van der Waals surface area contributed by atoms with Gasteiger partial charge in [0.1, 0.15) is 0 Å². The molecule has 0 atom stereocenters. The van der Waals surface area contributed by atoms with E-state index in [4.69, 9.17) is 5.73 Å². The molecule has 0 spiro atoms. The number of carbonyl (C=O) groups excluding carboxylic acids is 1. The largest absolute Gasteiger partial charge is 0.355 e. The molecule has 8 heteroatoms. The minimum atomic E-state index is -3.14. The van der Waals surface area contributed by atoms with Crippen LogP contribution in [0.1, 0.15) is 19.3 Å². The quantitative estimate of drug-likeness (QED) is 0.494. The monoisotopic (exact) mass is 292 g/mol. The Morgan fingerprint density at radius 1 is 1.32 bits per heavy atom. The third-order valence-electron chi connectivity index (χ3n) is 3.04. The molecule has 0 aromatic carbocycles. The number of piperidine rings is 1. The number of hydrogen-bond donors (Lipinski definition) is 3. The summed E-state index contributed by atoms with van der Waals surface area (Å²) in [6.07, 6.45) is 3.58. The second-order valence-corrected chi connectivity index (χ2v) is 6.82. The fraction of sp³-hybridized carbons (Fsp3) is 0.909. The normalized spacial score (nSPS) is 18.4. The summed E-state index contributed by atoms with van der Waals surface area (Å²) >= 11 is 0. The number of amides is 1. The maximum Gasteiger partial charge on any atom is 0.234 e. The van der Waals surface area contributed by atoms with Crippen LogP contribution in [-0.4, -0.2) is 64.2 Å². The number of nitrogens with zero attached hydrogens (tertiary/aromatic N) is 1. The summed E-state index contributed by atoms with van der Waals surface area (Å²) in [4.78, 5) is 13.7. The Morgan fingerprint density at radius 2 is 1.95 bits per heavy atom. The van der Waals surface area contributed by atoms with Crippen LogP contribution in [0.15, 0.2) is 0 Å². The Kier molecular flexibility index (Phi) is 6.70. The number of nitrogens with two attached hydrogens (primary N) is 1. The van der Waals surface area contributed by atoms with E-state index in [2.05, 4.69) is 14.9 Å². The first kappa shape index (κ1) is 16.4. The molecule has 0 unspecified atom stereocenters. The van der Waals surface area contributed by atoms with Crippen molar-refractivity contribution in [2.75, 3.05) is 39.0 Å². The topological polar surface area (TPSA) is 105 Å². The van der Waals surface area contributed by atoms with E-state index < -0.39 is 10.0 Å². The van der Waals surface area contributed by atoms with Crippen molar-refractivity contribution in [2.24, 2.45) is 5.73 Å². The van der Waals surface area contributed by atoms with Crippen molar-refractivity contribution in [3.8, 4) is 0 Å². The van der Waals surface area contributed by atoms with E-state index in [9.17, 15) is 13.2 Å². The van der Waals surface area contributed by atoms with Gasteiger partial charge in [0, 0.05) is 32.2 Å². The van der Waals surface area contributed by atoms with Gasteiger partial charge in [-0.3, -0.25) is 9.69 Å². The van der Waals surface area contributed by atoms with E-state index in [1.807, 2.05) is 0 Å². The molecule has 0 bridgehead atoms. The third-order valence-corrected chi connectivity index (χ3v) is 3.77. The number of likely N-dealkylation sites (tertiary alicyclic amines) is 1. The lowest BCUT2D eigenvalue weighted by molar-refractivity contribution is -0.122. The fourth-order valence-electron chi connectivity index (χ4n) is 1.94. The summed E-state index contributed by atoms with van der Waals surface area (Å²) in [5.74, 6) is -0.0187. The molecule has 1 aliphatic rings. The second kappa shape index (κ2) is 7.78. The Hall–Kier alpha value is -0.700. The lowest BCUT2D eigenvalue weighted by Gasteiger charge is -2.29. The number of nitrogens with one attached hydrogen (secondary N) is 2. The molecule has 19 heavy (non-hydrogen) atoms. The molecule has 1 rings (SSSR count). The Morgan fingerprint density at radius 3 is 2.53 bits per heavy atom. The first-order valence-electron chi connectivity index (χ1n) is 6.56. The highest BCUT2D eigenvalue weighted by Gasteiger charge is 2.17. The number of hydrogen-bond acceptors (Lipinski definition) is 5. The van der Waals surface area contributed by atoms with Crippen molar-refractivity contribution in [2.45, 2.75) is 25.3 Å². The highest BCUT2D eigenvalue weighted by molar-refractivity contribution is 7.88. The van der Waals surface area contributed by atoms with Gasteiger partial charge >= 0.3 is 0 Å². The predicted octanol–water partition coefficient (Wildman–Crippen LogP) is -1.53.